The quantitative estimate of drug-likeness (QED) is 0.359. The third kappa shape index (κ3) is 5.12. The summed E-state index contributed by atoms with van der Waals surface area (Å²) in [6, 6.07) is 22.8. The molecule has 0 aliphatic heterocycles. The lowest BCUT2D eigenvalue weighted by molar-refractivity contribution is -0.113. The van der Waals surface area contributed by atoms with Gasteiger partial charge in [0.15, 0.2) is 11.0 Å². The third-order valence-corrected chi connectivity index (χ3v) is 5.92. The SMILES string of the molecule is COc1ccc(-n2c(SCC(=O)Nc3ccc(Cl)cc3)nnc2-c2ccc(C)cc2)cc1. The number of rotatable bonds is 7. The summed E-state index contributed by atoms with van der Waals surface area (Å²) in [5, 5.41) is 12.9. The maximum absolute atomic E-state index is 12.5. The van der Waals surface area contributed by atoms with Gasteiger partial charge in [-0.1, -0.05) is 53.2 Å². The maximum Gasteiger partial charge on any atom is 0.234 e. The molecule has 0 aliphatic rings. The van der Waals surface area contributed by atoms with Crippen LogP contribution >= 0.6 is 23.4 Å². The summed E-state index contributed by atoms with van der Waals surface area (Å²) >= 11 is 7.22. The predicted molar refractivity (Wildman–Crippen MR) is 129 cm³/mol. The Labute approximate surface area is 195 Å². The molecular formula is C24H21ClN4O2S. The van der Waals surface area contributed by atoms with E-state index in [1.807, 2.05) is 60.0 Å². The fraction of sp³-hybridized carbons (Fsp3) is 0.125. The molecular weight excluding hydrogens is 444 g/mol. The highest BCUT2D eigenvalue weighted by atomic mass is 35.5. The summed E-state index contributed by atoms with van der Waals surface area (Å²) in [4.78, 5) is 12.5. The number of benzene rings is 3. The van der Waals surface area contributed by atoms with Crippen LogP contribution in [0.2, 0.25) is 5.02 Å². The van der Waals surface area contributed by atoms with Crippen LogP contribution in [0.3, 0.4) is 0 Å². The number of anilines is 1. The van der Waals surface area contributed by atoms with E-state index in [-0.39, 0.29) is 11.7 Å². The predicted octanol–water partition coefficient (Wildman–Crippen LogP) is 5.64. The zero-order valence-electron chi connectivity index (χ0n) is 17.6. The minimum absolute atomic E-state index is 0.140. The average molecular weight is 465 g/mol. The minimum atomic E-state index is -0.140. The lowest BCUT2D eigenvalue weighted by atomic mass is 10.1. The average Bonchev–Trinajstić information content (AvgIpc) is 3.24. The molecule has 3 aromatic carbocycles. The fourth-order valence-electron chi connectivity index (χ4n) is 3.08. The second-order valence-corrected chi connectivity index (χ2v) is 8.43. The molecule has 32 heavy (non-hydrogen) atoms. The van der Waals surface area contributed by atoms with E-state index in [4.69, 9.17) is 16.3 Å². The Balaban J connectivity index is 1.60. The van der Waals surface area contributed by atoms with Gasteiger partial charge >= 0.3 is 0 Å². The molecule has 1 heterocycles. The topological polar surface area (TPSA) is 69.0 Å². The minimum Gasteiger partial charge on any atom is -0.497 e. The lowest BCUT2D eigenvalue weighted by Crippen LogP contribution is -2.14. The second kappa shape index (κ2) is 9.89. The number of hydrogen-bond acceptors (Lipinski definition) is 5. The molecule has 0 fully saturated rings. The Bertz CT molecular complexity index is 1210. The fourth-order valence-corrected chi connectivity index (χ4v) is 3.96. The van der Waals surface area contributed by atoms with Gasteiger partial charge in [-0.2, -0.15) is 0 Å². The van der Waals surface area contributed by atoms with Crippen LogP contribution in [0.4, 0.5) is 5.69 Å². The summed E-state index contributed by atoms with van der Waals surface area (Å²) in [5.74, 6) is 1.51. The molecule has 0 unspecified atom stereocenters. The van der Waals surface area contributed by atoms with Crippen molar-refractivity contribution < 1.29 is 9.53 Å². The van der Waals surface area contributed by atoms with Gasteiger partial charge in [0, 0.05) is 22.0 Å². The van der Waals surface area contributed by atoms with Crippen LogP contribution in [0.1, 0.15) is 5.56 Å². The Kier molecular flexibility index (Phi) is 6.78. The standard InChI is InChI=1S/C24H21ClN4O2S/c1-16-3-5-17(6-4-16)23-27-28-24(29(23)20-11-13-21(31-2)14-12-20)32-15-22(30)26-19-9-7-18(25)8-10-19/h3-14H,15H2,1-2H3,(H,26,30). The molecule has 0 saturated carbocycles. The number of aromatic nitrogens is 3. The van der Waals surface area contributed by atoms with Crippen LogP contribution in [0.5, 0.6) is 5.75 Å². The van der Waals surface area contributed by atoms with Crippen LogP contribution in [-0.4, -0.2) is 33.5 Å². The highest BCUT2D eigenvalue weighted by molar-refractivity contribution is 7.99. The summed E-state index contributed by atoms with van der Waals surface area (Å²) in [6.07, 6.45) is 0. The summed E-state index contributed by atoms with van der Waals surface area (Å²) < 4.78 is 7.23. The van der Waals surface area contributed by atoms with Gasteiger partial charge in [0.2, 0.25) is 5.91 Å². The summed E-state index contributed by atoms with van der Waals surface area (Å²) in [7, 11) is 1.63. The van der Waals surface area contributed by atoms with Crippen molar-refractivity contribution in [2.45, 2.75) is 12.1 Å². The van der Waals surface area contributed by atoms with Gasteiger partial charge < -0.3 is 10.1 Å². The molecule has 0 saturated heterocycles. The van der Waals surface area contributed by atoms with Crippen molar-refractivity contribution in [3.05, 3.63) is 83.4 Å². The Morgan fingerprint density at radius 1 is 1.00 bits per heavy atom. The van der Waals surface area contributed by atoms with Crippen LogP contribution in [0.25, 0.3) is 17.1 Å². The number of carbonyl (C=O) groups excluding carboxylic acids is 1. The number of nitrogens with zero attached hydrogens (tertiary/aromatic N) is 3. The van der Waals surface area contributed by atoms with Crippen molar-refractivity contribution in [1.29, 1.82) is 0 Å². The van der Waals surface area contributed by atoms with Crippen molar-refractivity contribution in [2.75, 3.05) is 18.2 Å². The molecule has 6 nitrogen and oxygen atoms in total. The van der Waals surface area contributed by atoms with Gasteiger partial charge in [-0.25, -0.2) is 0 Å². The third-order valence-electron chi connectivity index (χ3n) is 4.73. The molecule has 1 amide bonds. The number of methoxy groups -OCH3 is 1. The van der Waals surface area contributed by atoms with E-state index in [9.17, 15) is 4.79 Å². The van der Waals surface area contributed by atoms with Crippen molar-refractivity contribution in [1.82, 2.24) is 14.8 Å². The number of amides is 1. The number of carbonyl (C=O) groups is 1. The van der Waals surface area contributed by atoms with E-state index in [1.54, 1.807) is 31.4 Å². The molecule has 162 valence electrons. The highest BCUT2D eigenvalue weighted by Gasteiger charge is 2.17. The molecule has 0 spiro atoms. The lowest BCUT2D eigenvalue weighted by Gasteiger charge is -2.11. The van der Waals surface area contributed by atoms with Gasteiger partial charge in [0.25, 0.3) is 0 Å². The highest BCUT2D eigenvalue weighted by Crippen LogP contribution is 2.29. The van der Waals surface area contributed by atoms with E-state index in [0.29, 0.717) is 21.7 Å². The molecule has 0 aliphatic carbocycles. The van der Waals surface area contributed by atoms with Gasteiger partial charge in [-0.15, -0.1) is 10.2 Å². The van der Waals surface area contributed by atoms with Crippen LogP contribution in [0, 0.1) is 6.92 Å². The van der Waals surface area contributed by atoms with E-state index >= 15 is 0 Å². The van der Waals surface area contributed by atoms with Crippen molar-refractivity contribution in [3.63, 3.8) is 0 Å². The first-order valence-electron chi connectivity index (χ1n) is 9.88. The largest absolute Gasteiger partial charge is 0.497 e. The molecule has 4 rings (SSSR count). The summed E-state index contributed by atoms with van der Waals surface area (Å²) in [5.41, 5.74) is 3.68. The molecule has 0 radical (unpaired) electrons. The smallest absolute Gasteiger partial charge is 0.234 e. The maximum atomic E-state index is 12.5. The van der Waals surface area contributed by atoms with Crippen LogP contribution in [-0.2, 0) is 4.79 Å². The Morgan fingerprint density at radius 2 is 1.69 bits per heavy atom. The first-order chi connectivity index (χ1) is 15.5. The molecule has 1 aromatic heterocycles. The summed E-state index contributed by atoms with van der Waals surface area (Å²) in [6.45, 7) is 2.04. The second-order valence-electron chi connectivity index (χ2n) is 7.05. The van der Waals surface area contributed by atoms with Crippen LogP contribution < -0.4 is 10.1 Å². The van der Waals surface area contributed by atoms with Crippen LogP contribution in [0.15, 0.2) is 78.0 Å². The number of aryl methyl sites for hydroxylation is 1. The first-order valence-corrected chi connectivity index (χ1v) is 11.2. The zero-order valence-corrected chi connectivity index (χ0v) is 19.2. The normalized spacial score (nSPS) is 10.7. The monoisotopic (exact) mass is 464 g/mol. The van der Waals surface area contributed by atoms with E-state index in [1.165, 1.54) is 11.8 Å². The number of halogens is 1. The van der Waals surface area contributed by atoms with Gasteiger partial charge in [0.1, 0.15) is 5.75 Å². The van der Waals surface area contributed by atoms with E-state index in [0.717, 1.165) is 22.6 Å². The number of nitrogens with one attached hydrogen (secondary N) is 1. The molecule has 4 aromatic rings. The van der Waals surface area contributed by atoms with E-state index < -0.39 is 0 Å². The van der Waals surface area contributed by atoms with Gasteiger partial charge in [0.05, 0.1) is 12.9 Å². The molecule has 0 bridgehead atoms. The van der Waals surface area contributed by atoms with Crippen molar-refractivity contribution >= 4 is 35.0 Å². The molecule has 8 heteroatoms. The Morgan fingerprint density at radius 3 is 2.34 bits per heavy atom. The first kappa shape index (κ1) is 21.9. The number of thioether (sulfide) groups is 1. The van der Waals surface area contributed by atoms with E-state index in [2.05, 4.69) is 15.5 Å². The number of hydrogen-bond donors (Lipinski definition) is 1. The van der Waals surface area contributed by atoms with Crippen molar-refractivity contribution in [2.24, 2.45) is 0 Å². The van der Waals surface area contributed by atoms with Gasteiger partial charge in [-0.3, -0.25) is 9.36 Å². The van der Waals surface area contributed by atoms with Crippen molar-refractivity contribution in [3.8, 4) is 22.8 Å². The zero-order chi connectivity index (χ0) is 22.5. The molecule has 0 atom stereocenters. The number of ether oxygens (including phenoxy) is 1. The van der Waals surface area contributed by atoms with Gasteiger partial charge in [-0.05, 0) is 55.5 Å². The molecule has 1 N–H and O–H groups in total. The Hall–Kier alpha value is -3.29.